The summed E-state index contributed by atoms with van der Waals surface area (Å²) < 4.78 is 7.20. The summed E-state index contributed by atoms with van der Waals surface area (Å²) in [6.07, 6.45) is 4.38. The standard InChI is InChI=1S/C30H31N3O4/c1-21(2)33-19-25(17-24(18-31)30(33)36)29(35)26-10-6-7-11-27(26)37-20-28(34)32-14-12-23(13-15-32)16-22-8-4-3-5-9-22/h3-11,17,19,21,23H,12-16,20H2,1-2H3. The molecule has 1 aromatic heterocycles. The number of aromatic nitrogens is 1. The van der Waals surface area contributed by atoms with Gasteiger partial charge >= 0.3 is 0 Å². The quantitative estimate of drug-likeness (QED) is 0.431. The molecule has 3 aromatic rings. The van der Waals surface area contributed by atoms with Crippen LogP contribution in [0.4, 0.5) is 0 Å². The molecule has 2 heterocycles. The molecule has 0 atom stereocenters. The zero-order valence-electron chi connectivity index (χ0n) is 21.2. The number of para-hydroxylation sites is 1. The van der Waals surface area contributed by atoms with Crippen LogP contribution in [0.2, 0.25) is 0 Å². The van der Waals surface area contributed by atoms with Gasteiger partial charge < -0.3 is 14.2 Å². The molecule has 0 aliphatic carbocycles. The van der Waals surface area contributed by atoms with Gasteiger partial charge in [-0.15, -0.1) is 0 Å². The van der Waals surface area contributed by atoms with E-state index in [-0.39, 0.29) is 41.0 Å². The molecule has 0 bridgehead atoms. The molecule has 0 spiro atoms. The number of nitriles is 1. The van der Waals surface area contributed by atoms with Crippen LogP contribution in [0.3, 0.4) is 0 Å². The number of benzene rings is 2. The summed E-state index contributed by atoms with van der Waals surface area (Å²) in [4.78, 5) is 40.5. The van der Waals surface area contributed by atoms with Crippen LogP contribution in [-0.4, -0.2) is 40.9 Å². The smallest absolute Gasteiger partial charge is 0.268 e. The maximum Gasteiger partial charge on any atom is 0.268 e. The fourth-order valence-electron chi connectivity index (χ4n) is 4.69. The fourth-order valence-corrected chi connectivity index (χ4v) is 4.69. The molecule has 37 heavy (non-hydrogen) atoms. The monoisotopic (exact) mass is 497 g/mol. The summed E-state index contributed by atoms with van der Waals surface area (Å²) in [6.45, 7) is 4.83. The van der Waals surface area contributed by atoms with E-state index in [1.807, 2.05) is 30.9 Å². The van der Waals surface area contributed by atoms with Crippen molar-refractivity contribution in [2.24, 2.45) is 5.92 Å². The van der Waals surface area contributed by atoms with Crippen molar-refractivity contribution in [3.63, 3.8) is 0 Å². The lowest BCUT2D eigenvalue weighted by molar-refractivity contribution is -0.134. The second-order valence-electron chi connectivity index (χ2n) is 9.69. The van der Waals surface area contributed by atoms with Crippen LogP contribution in [0, 0.1) is 17.2 Å². The van der Waals surface area contributed by atoms with E-state index in [0.29, 0.717) is 24.8 Å². The molecule has 1 aliphatic heterocycles. The molecule has 4 rings (SSSR count). The highest BCUT2D eigenvalue weighted by atomic mass is 16.5. The van der Waals surface area contributed by atoms with Crippen LogP contribution < -0.4 is 10.3 Å². The van der Waals surface area contributed by atoms with Gasteiger partial charge in [0.25, 0.3) is 11.5 Å². The largest absolute Gasteiger partial charge is 0.483 e. The van der Waals surface area contributed by atoms with E-state index < -0.39 is 5.56 Å². The van der Waals surface area contributed by atoms with Gasteiger partial charge in [-0.3, -0.25) is 14.4 Å². The Morgan fingerprint density at radius 2 is 1.73 bits per heavy atom. The molecule has 2 aromatic carbocycles. The zero-order chi connectivity index (χ0) is 26.4. The summed E-state index contributed by atoms with van der Waals surface area (Å²) in [5.74, 6) is 0.356. The third-order valence-electron chi connectivity index (χ3n) is 6.80. The van der Waals surface area contributed by atoms with Crippen LogP contribution in [0.15, 0.2) is 71.7 Å². The second-order valence-corrected chi connectivity index (χ2v) is 9.69. The van der Waals surface area contributed by atoms with Crippen molar-refractivity contribution in [2.45, 2.75) is 39.2 Å². The molecular weight excluding hydrogens is 466 g/mol. The number of hydrogen-bond acceptors (Lipinski definition) is 5. The Labute approximate surface area is 216 Å². The first-order valence-corrected chi connectivity index (χ1v) is 12.6. The highest BCUT2D eigenvalue weighted by Gasteiger charge is 2.24. The Balaban J connectivity index is 1.41. The zero-order valence-corrected chi connectivity index (χ0v) is 21.2. The van der Waals surface area contributed by atoms with Crippen molar-refractivity contribution in [3.8, 4) is 11.8 Å². The van der Waals surface area contributed by atoms with Gasteiger partial charge in [-0.05, 0) is 62.8 Å². The second kappa shape index (κ2) is 11.7. The lowest BCUT2D eigenvalue weighted by Crippen LogP contribution is -2.41. The normalized spacial score (nSPS) is 13.8. The minimum absolute atomic E-state index is 0.0937. The van der Waals surface area contributed by atoms with E-state index >= 15 is 0 Å². The predicted octanol–water partition coefficient (Wildman–Crippen LogP) is 4.39. The highest BCUT2D eigenvalue weighted by Crippen LogP contribution is 2.24. The maximum atomic E-state index is 13.4. The average molecular weight is 498 g/mol. The molecule has 7 nitrogen and oxygen atoms in total. The maximum absolute atomic E-state index is 13.4. The number of carbonyl (C=O) groups is 2. The minimum atomic E-state index is -0.434. The highest BCUT2D eigenvalue weighted by molar-refractivity contribution is 6.10. The molecule has 1 fully saturated rings. The number of hydrogen-bond donors (Lipinski definition) is 0. The minimum Gasteiger partial charge on any atom is -0.483 e. The van der Waals surface area contributed by atoms with Gasteiger partial charge in [0.05, 0.1) is 5.56 Å². The molecule has 7 heteroatoms. The molecule has 1 saturated heterocycles. The van der Waals surface area contributed by atoms with Gasteiger partial charge in [-0.2, -0.15) is 5.26 Å². The van der Waals surface area contributed by atoms with Crippen LogP contribution in [-0.2, 0) is 11.2 Å². The van der Waals surface area contributed by atoms with E-state index in [2.05, 4.69) is 24.3 Å². The van der Waals surface area contributed by atoms with Crippen molar-refractivity contribution in [3.05, 3.63) is 99.5 Å². The molecule has 0 saturated carbocycles. The van der Waals surface area contributed by atoms with Gasteiger partial charge in [0.2, 0.25) is 0 Å². The van der Waals surface area contributed by atoms with Crippen molar-refractivity contribution >= 4 is 11.7 Å². The number of nitrogens with zero attached hydrogens (tertiary/aromatic N) is 3. The summed E-state index contributed by atoms with van der Waals surface area (Å²) in [5.41, 5.74) is 1.28. The average Bonchev–Trinajstić information content (AvgIpc) is 2.92. The van der Waals surface area contributed by atoms with Crippen LogP contribution >= 0.6 is 0 Å². The Bertz CT molecular complexity index is 1360. The Kier molecular flexibility index (Phi) is 8.19. The first-order chi connectivity index (χ1) is 17.9. The molecule has 0 unspecified atom stereocenters. The molecule has 1 amide bonds. The number of rotatable bonds is 8. The third-order valence-corrected chi connectivity index (χ3v) is 6.80. The first-order valence-electron chi connectivity index (χ1n) is 12.6. The Morgan fingerprint density at radius 3 is 2.41 bits per heavy atom. The summed E-state index contributed by atoms with van der Waals surface area (Å²) >= 11 is 0. The summed E-state index contributed by atoms with van der Waals surface area (Å²) in [6, 6.07) is 20.1. The van der Waals surface area contributed by atoms with Gasteiger partial charge in [-0.1, -0.05) is 42.5 Å². The van der Waals surface area contributed by atoms with E-state index in [1.54, 1.807) is 24.3 Å². The molecule has 1 aliphatic rings. The van der Waals surface area contributed by atoms with Crippen molar-refractivity contribution in [1.82, 2.24) is 9.47 Å². The topological polar surface area (TPSA) is 92.4 Å². The molecule has 0 radical (unpaired) electrons. The SMILES string of the molecule is CC(C)n1cc(C(=O)c2ccccc2OCC(=O)N2CCC(Cc3ccccc3)CC2)cc(C#N)c1=O. The van der Waals surface area contributed by atoms with Crippen LogP contribution in [0.5, 0.6) is 5.75 Å². The Hall–Kier alpha value is -4.18. The van der Waals surface area contributed by atoms with E-state index in [0.717, 1.165) is 19.3 Å². The van der Waals surface area contributed by atoms with Crippen molar-refractivity contribution in [2.75, 3.05) is 19.7 Å². The molecule has 0 N–H and O–H groups in total. The molecule has 190 valence electrons. The number of ether oxygens (including phenoxy) is 1. The van der Waals surface area contributed by atoms with Crippen LogP contribution in [0.1, 0.15) is 59.8 Å². The molecular formula is C30H31N3O4. The van der Waals surface area contributed by atoms with Gasteiger partial charge in [0, 0.05) is 30.9 Å². The first kappa shape index (κ1) is 25.9. The van der Waals surface area contributed by atoms with Crippen molar-refractivity contribution in [1.29, 1.82) is 5.26 Å². The number of amides is 1. The summed E-state index contributed by atoms with van der Waals surface area (Å²) in [5, 5.41) is 9.37. The van der Waals surface area contributed by atoms with Gasteiger partial charge in [-0.25, -0.2) is 0 Å². The predicted molar refractivity (Wildman–Crippen MR) is 141 cm³/mol. The third kappa shape index (κ3) is 6.15. The summed E-state index contributed by atoms with van der Waals surface area (Å²) in [7, 11) is 0. The van der Waals surface area contributed by atoms with E-state index in [1.165, 1.54) is 22.4 Å². The van der Waals surface area contributed by atoms with Gasteiger partial charge in [0.1, 0.15) is 17.4 Å². The fraction of sp³-hybridized carbons (Fsp3) is 0.333. The lowest BCUT2D eigenvalue weighted by Gasteiger charge is -2.32. The number of carbonyl (C=O) groups excluding carboxylic acids is 2. The number of pyridine rings is 1. The van der Waals surface area contributed by atoms with E-state index in [4.69, 9.17) is 4.74 Å². The number of piperidine rings is 1. The van der Waals surface area contributed by atoms with Gasteiger partial charge in [0.15, 0.2) is 12.4 Å². The van der Waals surface area contributed by atoms with E-state index in [9.17, 15) is 19.6 Å². The Morgan fingerprint density at radius 1 is 1.05 bits per heavy atom. The van der Waals surface area contributed by atoms with Crippen LogP contribution in [0.25, 0.3) is 0 Å². The number of ketones is 1. The number of likely N-dealkylation sites (tertiary alicyclic amines) is 1. The van der Waals surface area contributed by atoms with Crippen molar-refractivity contribution < 1.29 is 14.3 Å². The lowest BCUT2D eigenvalue weighted by atomic mass is 9.90.